The predicted octanol–water partition coefficient (Wildman–Crippen LogP) is 11.7. The molecule has 1 N–H and O–H groups in total. The van der Waals surface area contributed by atoms with Crippen LogP contribution >= 0.6 is 7.60 Å². The molecule has 304 valence electrons. The molecule has 8 heteroatoms. The third kappa shape index (κ3) is 36.0. The van der Waals surface area contributed by atoms with Crippen molar-refractivity contribution in [2.75, 3.05) is 47.1 Å². The van der Waals surface area contributed by atoms with Crippen molar-refractivity contribution in [2.24, 2.45) is 0 Å². The molecule has 0 spiro atoms. The molecule has 7 nitrogen and oxygen atoms in total. The zero-order valence-electron chi connectivity index (χ0n) is 34.9. The van der Waals surface area contributed by atoms with E-state index in [1.165, 1.54) is 141 Å². The van der Waals surface area contributed by atoms with Crippen LogP contribution in [0.5, 0.6) is 0 Å². The van der Waals surface area contributed by atoms with Gasteiger partial charge >= 0.3 is 0 Å². The summed E-state index contributed by atoms with van der Waals surface area (Å²) in [6.07, 6.45) is 38.8. The SMILES string of the molecule is CCCCCCCCCCCCC/C=C/[C@@H](OCC)[C@H](COP(=O)([O-])CC[N+](C)(C)C)NC(=O)CCCCCCCCCCCCCCCCC. The minimum Gasteiger partial charge on any atom is -0.778 e. The molecule has 1 unspecified atom stereocenters. The Labute approximate surface area is 318 Å². The number of hydrogen-bond donors (Lipinski definition) is 1. The minimum atomic E-state index is -4.06. The van der Waals surface area contributed by atoms with Gasteiger partial charge in [0, 0.05) is 13.0 Å². The molecule has 0 rings (SSSR count). The molecule has 0 aromatic rings. The lowest BCUT2D eigenvalue weighted by atomic mass is 10.0. The van der Waals surface area contributed by atoms with E-state index < -0.39 is 19.7 Å². The maximum atomic E-state index is 13.1. The number of ether oxygens (including phenoxy) is 1. The molecule has 0 aromatic carbocycles. The lowest BCUT2D eigenvalue weighted by molar-refractivity contribution is -0.868. The van der Waals surface area contributed by atoms with Gasteiger partial charge in [-0.2, -0.15) is 0 Å². The van der Waals surface area contributed by atoms with Crippen molar-refractivity contribution >= 4 is 13.5 Å². The van der Waals surface area contributed by atoms with Crippen molar-refractivity contribution < 1.29 is 28.0 Å². The highest BCUT2D eigenvalue weighted by Crippen LogP contribution is 2.37. The van der Waals surface area contributed by atoms with Gasteiger partial charge in [-0.15, -0.1) is 0 Å². The Hall–Kier alpha value is -0.720. The number of nitrogens with one attached hydrogen (secondary N) is 1. The quantitative estimate of drug-likeness (QED) is 0.0293. The fourth-order valence-electron chi connectivity index (χ4n) is 6.49. The van der Waals surface area contributed by atoms with Crippen molar-refractivity contribution in [3.05, 3.63) is 12.2 Å². The zero-order valence-corrected chi connectivity index (χ0v) is 35.8. The Bertz CT molecular complexity index is 847. The number of quaternary nitrogens is 1. The second-order valence-electron chi connectivity index (χ2n) is 16.2. The molecule has 0 bridgehead atoms. The summed E-state index contributed by atoms with van der Waals surface area (Å²) in [5.41, 5.74) is 0. The smallest absolute Gasteiger partial charge is 0.220 e. The molecule has 0 aliphatic rings. The number of carbonyl (C=O) groups excluding carboxylic acids is 1. The van der Waals surface area contributed by atoms with Gasteiger partial charge in [-0.05, 0) is 26.2 Å². The second-order valence-corrected chi connectivity index (χ2v) is 18.1. The van der Waals surface area contributed by atoms with Crippen LogP contribution < -0.4 is 10.2 Å². The van der Waals surface area contributed by atoms with Gasteiger partial charge < -0.3 is 28.5 Å². The third-order valence-electron chi connectivity index (χ3n) is 9.91. The number of hydrogen-bond acceptors (Lipinski definition) is 5. The van der Waals surface area contributed by atoms with Crippen LogP contribution in [0.1, 0.15) is 201 Å². The average molecular weight is 743 g/mol. The zero-order chi connectivity index (χ0) is 37.9. The highest BCUT2D eigenvalue weighted by molar-refractivity contribution is 7.51. The number of carbonyl (C=O) groups is 1. The minimum absolute atomic E-state index is 0.0374. The van der Waals surface area contributed by atoms with Crippen LogP contribution in [0.2, 0.25) is 0 Å². The summed E-state index contributed by atoms with van der Waals surface area (Å²) < 4.78 is 24.9. The van der Waals surface area contributed by atoms with E-state index in [0.29, 0.717) is 24.1 Å². The number of unbranched alkanes of at least 4 members (excludes halogenated alkanes) is 25. The second kappa shape index (κ2) is 35.0. The summed E-state index contributed by atoms with van der Waals surface area (Å²) in [7, 11) is 1.84. The topological polar surface area (TPSA) is 87.7 Å². The molecule has 0 radical (unpaired) electrons. The summed E-state index contributed by atoms with van der Waals surface area (Å²) in [5.74, 6) is -0.0612. The average Bonchev–Trinajstić information content (AvgIpc) is 3.09. The molecule has 0 aromatic heterocycles. The number of allylic oxidation sites excluding steroid dienone is 1. The first-order valence-corrected chi connectivity index (χ1v) is 23.6. The molecule has 0 fully saturated rings. The van der Waals surface area contributed by atoms with E-state index in [1.54, 1.807) is 0 Å². The summed E-state index contributed by atoms with van der Waals surface area (Å²) in [6.45, 7) is 7.29. The van der Waals surface area contributed by atoms with E-state index in [9.17, 15) is 14.3 Å². The van der Waals surface area contributed by atoms with E-state index >= 15 is 0 Å². The van der Waals surface area contributed by atoms with Gasteiger partial charge in [0.2, 0.25) is 5.91 Å². The van der Waals surface area contributed by atoms with Gasteiger partial charge in [-0.25, -0.2) is 0 Å². The normalized spacial score (nSPS) is 14.6. The standard InChI is InChI=1S/C43H87N2O5P/c1-7-10-12-14-16-18-20-22-23-25-27-29-31-33-35-37-43(46)44-41(40-50-51(47,48)39-38-45(4,5)6)42(49-9-3)36-34-32-30-28-26-24-21-19-17-15-13-11-8-2/h34,36,41-42H,7-33,35,37-40H2,1-6H3,(H-,44,46,47,48)/b36-34+/t41-,42+/m0/s1. The van der Waals surface area contributed by atoms with Crippen molar-refractivity contribution in [1.82, 2.24) is 5.32 Å². The first-order valence-electron chi connectivity index (χ1n) is 21.9. The van der Waals surface area contributed by atoms with Crippen molar-refractivity contribution in [1.29, 1.82) is 0 Å². The molecule has 0 saturated carbocycles. The summed E-state index contributed by atoms with van der Waals surface area (Å²) >= 11 is 0. The first-order chi connectivity index (χ1) is 24.5. The number of nitrogens with zero attached hydrogens (tertiary/aromatic N) is 1. The molecule has 0 aliphatic carbocycles. The van der Waals surface area contributed by atoms with E-state index in [-0.39, 0.29) is 18.7 Å². The molecular weight excluding hydrogens is 655 g/mol. The monoisotopic (exact) mass is 743 g/mol. The van der Waals surface area contributed by atoms with Gasteiger partial charge in [0.1, 0.15) is 7.60 Å². The molecule has 0 saturated heterocycles. The first kappa shape index (κ1) is 50.3. The highest BCUT2D eigenvalue weighted by Gasteiger charge is 2.25. The van der Waals surface area contributed by atoms with E-state index in [2.05, 4.69) is 25.2 Å². The maximum absolute atomic E-state index is 13.1. The molecular formula is C43H87N2O5P. The highest BCUT2D eigenvalue weighted by atomic mass is 31.2. The Morgan fingerprint density at radius 1 is 0.667 bits per heavy atom. The fourth-order valence-corrected chi connectivity index (χ4v) is 7.85. The van der Waals surface area contributed by atoms with Crippen LogP contribution in [0.25, 0.3) is 0 Å². The van der Waals surface area contributed by atoms with Crippen molar-refractivity contribution in [2.45, 2.75) is 213 Å². The predicted molar refractivity (Wildman–Crippen MR) is 218 cm³/mol. The summed E-state index contributed by atoms with van der Waals surface area (Å²) in [4.78, 5) is 25.9. The van der Waals surface area contributed by atoms with E-state index in [4.69, 9.17) is 9.26 Å². The van der Waals surface area contributed by atoms with Crippen LogP contribution in [0.15, 0.2) is 12.2 Å². The Morgan fingerprint density at radius 3 is 1.49 bits per heavy atom. The van der Waals surface area contributed by atoms with Crippen molar-refractivity contribution in [3.8, 4) is 0 Å². The Morgan fingerprint density at radius 2 is 1.08 bits per heavy atom. The molecule has 1 amide bonds. The molecule has 51 heavy (non-hydrogen) atoms. The molecule has 0 heterocycles. The summed E-state index contributed by atoms with van der Waals surface area (Å²) in [6, 6.07) is -0.561. The number of rotatable bonds is 39. The third-order valence-corrected chi connectivity index (χ3v) is 11.2. The van der Waals surface area contributed by atoms with Crippen LogP contribution in [-0.4, -0.2) is 69.6 Å². The largest absolute Gasteiger partial charge is 0.778 e. The van der Waals surface area contributed by atoms with Gasteiger partial charge in [-0.1, -0.05) is 180 Å². The Kier molecular flexibility index (Phi) is 34.5. The van der Waals surface area contributed by atoms with Crippen LogP contribution in [0, 0.1) is 0 Å². The fraction of sp³-hybridized carbons (Fsp3) is 0.930. The summed E-state index contributed by atoms with van der Waals surface area (Å²) in [5, 5.41) is 3.09. The van der Waals surface area contributed by atoms with Gasteiger partial charge in [0.25, 0.3) is 0 Å². The van der Waals surface area contributed by atoms with E-state index in [0.717, 1.165) is 32.1 Å². The lowest BCUT2D eigenvalue weighted by Gasteiger charge is -2.32. The van der Waals surface area contributed by atoms with Crippen molar-refractivity contribution in [3.63, 3.8) is 0 Å². The molecule has 3 atom stereocenters. The Balaban J connectivity index is 4.65. The van der Waals surface area contributed by atoms with Gasteiger partial charge in [0.05, 0.1) is 52.6 Å². The van der Waals surface area contributed by atoms with Crippen LogP contribution in [0.3, 0.4) is 0 Å². The van der Waals surface area contributed by atoms with Gasteiger partial charge in [0.15, 0.2) is 0 Å². The molecule has 0 aliphatic heterocycles. The lowest BCUT2D eigenvalue weighted by Crippen LogP contribution is -2.47. The number of amides is 1. The van der Waals surface area contributed by atoms with E-state index in [1.807, 2.05) is 34.1 Å². The van der Waals surface area contributed by atoms with Gasteiger partial charge in [-0.3, -0.25) is 4.79 Å². The maximum Gasteiger partial charge on any atom is 0.220 e. The van der Waals surface area contributed by atoms with Crippen LogP contribution in [0.4, 0.5) is 0 Å². The van der Waals surface area contributed by atoms with Crippen LogP contribution in [-0.2, 0) is 18.6 Å².